The highest BCUT2D eigenvalue weighted by atomic mass is 19.1. The summed E-state index contributed by atoms with van der Waals surface area (Å²) in [5.74, 6) is -1.41. The lowest BCUT2D eigenvalue weighted by atomic mass is 10.1. The zero-order valence-corrected chi connectivity index (χ0v) is 17.3. The van der Waals surface area contributed by atoms with E-state index in [4.69, 9.17) is 0 Å². The Morgan fingerprint density at radius 2 is 1.69 bits per heavy atom. The number of anilines is 2. The number of rotatable bonds is 5. The van der Waals surface area contributed by atoms with Crippen LogP contribution in [0.1, 0.15) is 15.9 Å². The molecule has 0 unspecified atom stereocenters. The monoisotopic (exact) mass is 436 g/mol. The molecule has 32 heavy (non-hydrogen) atoms. The number of amides is 2. The predicted octanol–water partition coefficient (Wildman–Crippen LogP) is 3.50. The normalized spacial score (nSPS) is 13.7. The van der Waals surface area contributed by atoms with Gasteiger partial charge in [0, 0.05) is 32.2 Å². The summed E-state index contributed by atoms with van der Waals surface area (Å²) in [4.78, 5) is 32.7. The molecule has 1 aromatic heterocycles. The van der Waals surface area contributed by atoms with Crippen molar-refractivity contribution < 1.29 is 18.4 Å². The van der Waals surface area contributed by atoms with E-state index < -0.39 is 17.5 Å². The number of hydrogen-bond donors (Lipinski definition) is 1. The summed E-state index contributed by atoms with van der Waals surface area (Å²) in [6.45, 7) is 1.85. The van der Waals surface area contributed by atoms with Gasteiger partial charge in [-0.05, 0) is 29.8 Å². The van der Waals surface area contributed by atoms with Crippen LogP contribution in [0.25, 0.3) is 0 Å². The highest BCUT2D eigenvalue weighted by Gasteiger charge is 2.25. The van der Waals surface area contributed by atoms with Crippen LogP contribution in [0, 0.1) is 11.6 Å². The highest BCUT2D eigenvalue weighted by molar-refractivity contribution is 5.94. The number of pyridine rings is 1. The molecular formula is C24H22F2N4O2. The molecule has 0 spiro atoms. The molecule has 0 aliphatic carbocycles. The maximum absolute atomic E-state index is 13.9. The van der Waals surface area contributed by atoms with Gasteiger partial charge in [-0.1, -0.05) is 30.3 Å². The molecule has 1 N–H and O–H groups in total. The van der Waals surface area contributed by atoms with E-state index in [9.17, 15) is 18.4 Å². The van der Waals surface area contributed by atoms with Crippen LogP contribution in [0.3, 0.4) is 0 Å². The van der Waals surface area contributed by atoms with Crippen molar-refractivity contribution in [3.63, 3.8) is 0 Å². The van der Waals surface area contributed by atoms with E-state index in [1.807, 2.05) is 41.3 Å². The quantitative estimate of drug-likeness (QED) is 0.665. The van der Waals surface area contributed by atoms with Crippen molar-refractivity contribution in [3.05, 3.63) is 89.6 Å². The zero-order valence-electron chi connectivity index (χ0n) is 17.3. The Morgan fingerprint density at radius 1 is 0.938 bits per heavy atom. The molecule has 6 nitrogen and oxygen atoms in total. The minimum atomic E-state index is -0.857. The second-order valence-electron chi connectivity index (χ2n) is 7.52. The lowest BCUT2D eigenvalue weighted by Crippen LogP contribution is -2.49. The van der Waals surface area contributed by atoms with Crippen LogP contribution in [0.4, 0.5) is 20.3 Å². The Bertz CT molecular complexity index is 1100. The molecule has 0 bridgehead atoms. The smallest absolute Gasteiger partial charge is 0.256 e. The number of nitrogens with one attached hydrogen (secondary N) is 1. The van der Waals surface area contributed by atoms with Crippen LogP contribution in [0.5, 0.6) is 0 Å². The molecule has 1 aliphatic rings. The Balaban J connectivity index is 1.31. The van der Waals surface area contributed by atoms with Gasteiger partial charge >= 0.3 is 0 Å². The van der Waals surface area contributed by atoms with Crippen molar-refractivity contribution in [2.45, 2.75) is 6.42 Å². The van der Waals surface area contributed by atoms with Crippen molar-refractivity contribution in [2.24, 2.45) is 0 Å². The number of carbonyl (C=O) groups is 2. The average Bonchev–Trinajstić information content (AvgIpc) is 2.80. The third-order valence-corrected chi connectivity index (χ3v) is 5.29. The van der Waals surface area contributed by atoms with Crippen molar-refractivity contribution >= 4 is 23.3 Å². The molecule has 4 rings (SSSR count). The highest BCUT2D eigenvalue weighted by Crippen LogP contribution is 2.19. The fraction of sp³-hybridized carbons (Fsp3) is 0.208. The van der Waals surface area contributed by atoms with Crippen LogP contribution in [-0.2, 0) is 11.2 Å². The Morgan fingerprint density at radius 3 is 2.34 bits per heavy atom. The van der Waals surface area contributed by atoms with Crippen molar-refractivity contribution in [3.8, 4) is 0 Å². The molecular weight excluding hydrogens is 414 g/mol. The van der Waals surface area contributed by atoms with Crippen LogP contribution in [-0.4, -0.2) is 47.9 Å². The van der Waals surface area contributed by atoms with Crippen LogP contribution >= 0.6 is 0 Å². The van der Waals surface area contributed by atoms with E-state index in [1.54, 1.807) is 17.2 Å². The zero-order chi connectivity index (χ0) is 22.5. The molecule has 1 saturated heterocycles. The van der Waals surface area contributed by atoms with Gasteiger partial charge in [0.1, 0.15) is 17.5 Å². The van der Waals surface area contributed by atoms with E-state index in [-0.39, 0.29) is 17.9 Å². The summed E-state index contributed by atoms with van der Waals surface area (Å²) in [6.07, 6.45) is 1.89. The molecule has 8 heteroatoms. The first-order chi connectivity index (χ1) is 15.5. The van der Waals surface area contributed by atoms with Crippen LogP contribution in [0.15, 0.2) is 66.9 Å². The summed E-state index contributed by atoms with van der Waals surface area (Å²) in [5, 5.41) is 2.83. The van der Waals surface area contributed by atoms with Crippen molar-refractivity contribution in [2.75, 3.05) is 36.4 Å². The first-order valence-electron chi connectivity index (χ1n) is 10.3. The Labute approximate surface area is 184 Å². The number of benzene rings is 2. The van der Waals surface area contributed by atoms with Gasteiger partial charge in [0.05, 0.1) is 23.9 Å². The number of aromatic nitrogens is 1. The lowest BCUT2D eigenvalue weighted by Gasteiger charge is -2.35. The summed E-state index contributed by atoms with van der Waals surface area (Å²) >= 11 is 0. The molecule has 1 fully saturated rings. The van der Waals surface area contributed by atoms with Crippen molar-refractivity contribution in [1.82, 2.24) is 9.88 Å². The summed E-state index contributed by atoms with van der Waals surface area (Å²) in [7, 11) is 0. The number of piperazine rings is 1. The first-order valence-corrected chi connectivity index (χ1v) is 10.3. The second-order valence-corrected chi connectivity index (χ2v) is 7.52. The number of halogens is 2. The standard InChI is InChI=1S/C24H22F2N4O2/c25-18-6-8-20(21(26)15-18)24(32)30-12-10-29(11-13-30)22-9-7-19(16-27-22)28-23(31)14-17-4-2-1-3-5-17/h1-9,15-16H,10-14H2,(H,28,31). The van der Waals surface area contributed by atoms with Crippen molar-refractivity contribution in [1.29, 1.82) is 0 Å². The summed E-state index contributed by atoms with van der Waals surface area (Å²) < 4.78 is 27.0. The van der Waals surface area contributed by atoms with Gasteiger partial charge in [0.15, 0.2) is 0 Å². The lowest BCUT2D eigenvalue weighted by molar-refractivity contribution is -0.115. The van der Waals surface area contributed by atoms with Gasteiger partial charge in [-0.2, -0.15) is 0 Å². The number of hydrogen-bond acceptors (Lipinski definition) is 4. The fourth-order valence-corrected chi connectivity index (χ4v) is 3.61. The molecule has 0 saturated carbocycles. The molecule has 3 aromatic rings. The summed E-state index contributed by atoms with van der Waals surface area (Å²) in [5.41, 5.74) is 1.41. The largest absolute Gasteiger partial charge is 0.353 e. The summed E-state index contributed by atoms with van der Waals surface area (Å²) in [6, 6.07) is 16.1. The van der Waals surface area contributed by atoms with Gasteiger partial charge in [-0.3, -0.25) is 9.59 Å². The van der Waals surface area contributed by atoms with E-state index >= 15 is 0 Å². The van der Waals surface area contributed by atoms with E-state index in [1.165, 1.54) is 6.07 Å². The van der Waals surface area contributed by atoms with Gasteiger partial charge in [-0.15, -0.1) is 0 Å². The number of carbonyl (C=O) groups excluding carboxylic acids is 2. The topological polar surface area (TPSA) is 65.5 Å². The first kappa shape index (κ1) is 21.4. The van der Waals surface area contributed by atoms with Crippen LogP contribution < -0.4 is 10.2 Å². The van der Waals surface area contributed by atoms with Gasteiger partial charge in [-0.25, -0.2) is 13.8 Å². The molecule has 0 atom stereocenters. The SMILES string of the molecule is O=C(Cc1ccccc1)Nc1ccc(N2CCN(C(=O)c3ccc(F)cc3F)CC2)nc1. The minimum Gasteiger partial charge on any atom is -0.353 e. The average molecular weight is 436 g/mol. The molecule has 0 radical (unpaired) electrons. The van der Waals surface area contributed by atoms with E-state index in [2.05, 4.69) is 10.3 Å². The fourth-order valence-electron chi connectivity index (χ4n) is 3.61. The van der Waals surface area contributed by atoms with Crippen LogP contribution in [0.2, 0.25) is 0 Å². The van der Waals surface area contributed by atoms with Gasteiger partial charge in [0.25, 0.3) is 5.91 Å². The Kier molecular flexibility index (Phi) is 6.39. The third-order valence-electron chi connectivity index (χ3n) is 5.29. The number of nitrogens with zero attached hydrogens (tertiary/aromatic N) is 3. The van der Waals surface area contributed by atoms with Gasteiger partial charge in [0.2, 0.25) is 5.91 Å². The second kappa shape index (κ2) is 9.55. The Hall–Kier alpha value is -3.81. The maximum Gasteiger partial charge on any atom is 0.256 e. The minimum absolute atomic E-state index is 0.120. The molecule has 164 valence electrons. The van der Waals surface area contributed by atoms with E-state index in [0.717, 1.165) is 17.4 Å². The molecule has 2 heterocycles. The van der Waals surface area contributed by atoms with Gasteiger partial charge < -0.3 is 15.1 Å². The molecule has 2 aromatic carbocycles. The molecule has 2 amide bonds. The van der Waals surface area contributed by atoms with E-state index in [0.29, 0.717) is 37.9 Å². The third kappa shape index (κ3) is 5.08. The molecule has 1 aliphatic heterocycles. The maximum atomic E-state index is 13.9. The predicted molar refractivity (Wildman–Crippen MR) is 117 cm³/mol.